The van der Waals surface area contributed by atoms with Crippen molar-refractivity contribution in [1.29, 1.82) is 0 Å². The Labute approximate surface area is 191 Å². The molecule has 2 aromatic rings. The molecule has 0 amide bonds. The molecule has 0 aliphatic heterocycles. The quantitative estimate of drug-likeness (QED) is 0.293. The summed E-state index contributed by atoms with van der Waals surface area (Å²) in [6.07, 6.45) is 20.1. The summed E-state index contributed by atoms with van der Waals surface area (Å²) >= 11 is 0. The highest BCUT2D eigenvalue weighted by Gasteiger charge is 2.22. The van der Waals surface area contributed by atoms with Crippen LogP contribution in [0.4, 0.5) is 0 Å². The Morgan fingerprint density at radius 3 is 1.71 bits per heavy atom. The molecule has 1 fully saturated rings. The smallest absolute Gasteiger partial charge is 0.118 e. The Morgan fingerprint density at radius 1 is 0.645 bits per heavy atom. The summed E-state index contributed by atoms with van der Waals surface area (Å²) in [5.74, 6) is 2.67. The van der Waals surface area contributed by atoms with Gasteiger partial charge in [0.1, 0.15) is 5.75 Å². The largest absolute Gasteiger partial charge is 0.497 e. The zero-order valence-electron chi connectivity index (χ0n) is 20.1. The minimum atomic E-state index is 0.768. The second kappa shape index (κ2) is 13.6. The van der Waals surface area contributed by atoms with Crippen LogP contribution in [0.1, 0.15) is 108 Å². The lowest BCUT2D eigenvalue weighted by molar-refractivity contribution is 0.302. The molecule has 0 heterocycles. The van der Waals surface area contributed by atoms with Crippen LogP contribution in [-0.2, 0) is 0 Å². The predicted octanol–water partition coefficient (Wildman–Crippen LogP) is 9.56. The fourth-order valence-corrected chi connectivity index (χ4v) is 5.26. The van der Waals surface area contributed by atoms with E-state index in [-0.39, 0.29) is 0 Å². The van der Waals surface area contributed by atoms with Gasteiger partial charge in [0.25, 0.3) is 0 Å². The van der Waals surface area contributed by atoms with Gasteiger partial charge in [0.15, 0.2) is 0 Å². The molecule has 1 aliphatic rings. The van der Waals surface area contributed by atoms with E-state index >= 15 is 0 Å². The van der Waals surface area contributed by atoms with Gasteiger partial charge in [-0.15, -0.1) is 0 Å². The molecular weight excluding hydrogens is 376 g/mol. The predicted molar refractivity (Wildman–Crippen MR) is 135 cm³/mol. The maximum absolute atomic E-state index is 5.27. The zero-order valence-corrected chi connectivity index (χ0v) is 20.1. The molecule has 0 radical (unpaired) electrons. The Balaban J connectivity index is 1.32. The van der Waals surface area contributed by atoms with E-state index in [9.17, 15) is 0 Å². The minimum absolute atomic E-state index is 0.768. The first kappa shape index (κ1) is 23.9. The fourth-order valence-electron chi connectivity index (χ4n) is 5.26. The van der Waals surface area contributed by atoms with E-state index in [1.807, 2.05) is 12.1 Å². The number of rotatable bonds is 13. The van der Waals surface area contributed by atoms with Gasteiger partial charge in [0, 0.05) is 0 Å². The molecule has 170 valence electrons. The van der Waals surface area contributed by atoms with Gasteiger partial charge in [-0.1, -0.05) is 108 Å². The Morgan fingerprint density at radius 2 is 1.16 bits per heavy atom. The van der Waals surface area contributed by atoms with Gasteiger partial charge in [-0.2, -0.15) is 0 Å². The summed E-state index contributed by atoms with van der Waals surface area (Å²) in [5.41, 5.74) is 4.10. The lowest BCUT2D eigenvalue weighted by atomic mass is 9.77. The van der Waals surface area contributed by atoms with Crippen molar-refractivity contribution >= 4 is 0 Å². The van der Waals surface area contributed by atoms with E-state index < -0.39 is 0 Å². The van der Waals surface area contributed by atoms with Gasteiger partial charge in [-0.25, -0.2) is 0 Å². The highest BCUT2D eigenvalue weighted by Crippen LogP contribution is 2.38. The lowest BCUT2D eigenvalue weighted by Gasteiger charge is -2.29. The lowest BCUT2D eigenvalue weighted by Crippen LogP contribution is -2.13. The molecule has 1 nitrogen and oxygen atoms in total. The maximum atomic E-state index is 5.27. The van der Waals surface area contributed by atoms with E-state index in [2.05, 4.69) is 43.3 Å². The SMILES string of the molecule is CCCCCCCCCCCC1CCC(c2ccc(-c3ccc(OC)cc3)cc2)CC1. The van der Waals surface area contributed by atoms with Gasteiger partial charge in [-0.3, -0.25) is 0 Å². The van der Waals surface area contributed by atoms with Crippen LogP contribution < -0.4 is 4.74 Å². The highest BCUT2D eigenvalue weighted by atomic mass is 16.5. The Kier molecular flexibility index (Phi) is 10.5. The fraction of sp³-hybridized carbons (Fsp3) is 0.600. The summed E-state index contributed by atoms with van der Waals surface area (Å²) in [5, 5.41) is 0. The summed E-state index contributed by atoms with van der Waals surface area (Å²) in [6.45, 7) is 2.30. The second-order valence-corrected chi connectivity index (χ2v) is 9.69. The van der Waals surface area contributed by atoms with E-state index in [1.165, 1.54) is 101 Å². The van der Waals surface area contributed by atoms with Crippen LogP contribution in [0.5, 0.6) is 5.75 Å². The number of methoxy groups -OCH3 is 1. The van der Waals surface area contributed by atoms with Crippen LogP contribution in [0, 0.1) is 5.92 Å². The molecule has 0 unspecified atom stereocenters. The van der Waals surface area contributed by atoms with Gasteiger partial charge >= 0.3 is 0 Å². The molecule has 0 N–H and O–H groups in total. The van der Waals surface area contributed by atoms with Crippen molar-refractivity contribution in [3.8, 4) is 16.9 Å². The molecule has 2 aromatic carbocycles. The number of unbranched alkanes of at least 4 members (excludes halogenated alkanes) is 8. The third-order valence-corrected chi connectivity index (χ3v) is 7.37. The summed E-state index contributed by atoms with van der Waals surface area (Å²) in [4.78, 5) is 0. The third kappa shape index (κ3) is 8.02. The molecular formula is C30H44O. The average Bonchev–Trinajstić information content (AvgIpc) is 2.83. The first-order valence-electron chi connectivity index (χ1n) is 13.0. The maximum Gasteiger partial charge on any atom is 0.118 e. The molecule has 1 saturated carbocycles. The normalized spacial score (nSPS) is 18.8. The van der Waals surface area contributed by atoms with E-state index in [0.29, 0.717) is 0 Å². The van der Waals surface area contributed by atoms with Crippen LogP contribution in [-0.4, -0.2) is 7.11 Å². The van der Waals surface area contributed by atoms with Crippen molar-refractivity contribution in [2.75, 3.05) is 7.11 Å². The third-order valence-electron chi connectivity index (χ3n) is 7.37. The number of benzene rings is 2. The number of hydrogen-bond donors (Lipinski definition) is 0. The van der Waals surface area contributed by atoms with Crippen molar-refractivity contribution in [2.45, 2.75) is 103 Å². The van der Waals surface area contributed by atoms with E-state index in [1.54, 1.807) is 12.7 Å². The molecule has 0 atom stereocenters. The van der Waals surface area contributed by atoms with Crippen LogP contribution in [0.3, 0.4) is 0 Å². The molecule has 1 aliphatic carbocycles. The van der Waals surface area contributed by atoms with Gasteiger partial charge in [-0.05, 0) is 66.3 Å². The van der Waals surface area contributed by atoms with Gasteiger partial charge in [0.05, 0.1) is 7.11 Å². The summed E-state index contributed by atoms with van der Waals surface area (Å²) in [6, 6.07) is 17.7. The average molecular weight is 421 g/mol. The number of ether oxygens (including phenoxy) is 1. The molecule has 0 aromatic heterocycles. The first-order chi connectivity index (χ1) is 15.3. The van der Waals surface area contributed by atoms with Crippen LogP contribution >= 0.6 is 0 Å². The van der Waals surface area contributed by atoms with Gasteiger partial charge in [0.2, 0.25) is 0 Å². The van der Waals surface area contributed by atoms with Crippen molar-refractivity contribution < 1.29 is 4.74 Å². The summed E-state index contributed by atoms with van der Waals surface area (Å²) < 4.78 is 5.27. The van der Waals surface area contributed by atoms with Crippen LogP contribution in [0.25, 0.3) is 11.1 Å². The van der Waals surface area contributed by atoms with E-state index in [4.69, 9.17) is 4.74 Å². The topological polar surface area (TPSA) is 9.23 Å². The molecule has 1 heteroatoms. The standard InChI is InChI=1S/C30H44O/c1-3-4-5-6-7-8-9-10-11-12-25-13-15-26(16-14-25)27-17-19-28(20-18-27)29-21-23-30(31-2)24-22-29/h17-26H,3-16H2,1-2H3. The van der Waals surface area contributed by atoms with Crippen molar-refractivity contribution in [3.63, 3.8) is 0 Å². The Bertz CT molecular complexity index is 707. The van der Waals surface area contributed by atoms with Crippen molar-refractivity contribution in [1.82, 2.24) is 0 Å². The molecule has 0 bridgehead atoms. The van der Waals surface area contributed by atoms with Crippen molar-refractivity contribution in [2.24, 2.45) is 5.92 Å². The second-order valence-electron chi connectivity index (χ2n) is 9.69. The molecule has 3 rings (SSSR count). The minimum Gasteiger partial charge on any atom is -0.497 e. The van der Waals surface area contributed by atoms with Crippen LogP contribution in [0.15, 0.2) is 48.5 Å². The molecule has 31 heavy (non-hydrogen) atoms. The highest BCUT2D eigenvalue weighted by molar-refractivity contribution is 5.64. The monoisotopic (exact) mass is 420 g/mol. The zero-order chi connectivity index (χ0) is 21.7. The Hall–Kier alpha value is -1.76. The molecule has 0 spiro atoms. The number of hydrogen-bond acceptors (Lipinski definition) is 1. The van der Waals surface area contributed by atoms with E-state index in [0.717, 1.165) is 17.6 Å². The van der Waals surface area contributed by atoms with Gasteiger partial charge < -0.3 is 4.74 Å². The van der Waals surface area contributed by atoms with Crippen molar-refractivity contribution in [3.05, 3.63) is 54.1 Å². The molecule has 0 saturated heterocycles. The first-order valence-corrected chi connectivity index (χ1v) is 13.0. The summed E-state index contributed by atoms with van der Waals surface area (Å²) in [7, 11) is 1.72. The van der Waals surface area contributed by atoms with Crippen LogP contribution in [0.2, 0.25) is 0 Å².